The van der Waals surface area contributed by atoms with Gasteiger partial charge >= 0.3 is 0 Å². The number of aryl methyl sites for hydroxylation is 1. The molecule has 0 unspecified atom stereocenters. The van der Waals surface area contributed by atoms with Gasteiger partial charge in [0.2, 0.25) is 0 Å². The fourth-order valence-electron chi connectivity index (χ4n) is 4.27. The number of amides is 1. The highest BCUT2D eigenvalue weighted by Crippen LogP contribution is 2.30. The molecule has 0 bridgehead atoms. The highest BCUT2D eigenvalue weighted by molar-refractivity contribution is 6.05. The van der Waals surface area contributed by atoms with Crippen LogP contribution < -0.4 is 10.2 Å². The van der Waals surface area contributed by atoms with E-state index in [0.29, 0.717) is 22.5 Å². The van der Waals surface area contributed by atoms with Crippen LogP contribution in [0, 0.1) is 18.3 Å². The van der Waals surface area contributed by atoms with Crippen molar-refractivity contribution in [2.75, 3.05) is 43.4 Å². The summed E-state index contributed by atoms with van der Waals surface area (Å²) in [6, 6.07) is 17.8. The number of H-pyrrole nitrogens is 1. The zero-order valence-electron chi connectivity index (χ0n) is 19.2. The predicted molar refractivity (Wildman–Crippen MR) is 133 cm³/mol. The van der Waals surface area contributed by atoms with Crippen LogP contribution in [0.25, 0.3) is 22.2 Å². The van der Waals surface area contributed by atoms with Crippen molar-refractivity contribution in [2.24, 2.45) is 0 Å². The van der Waals surface area contributed by atoms with Gasteiger partial charge in [0.15, 0.2) is 0 Å². The monoisotopic (exact) mass is 451 g/mol. The fraction of sp³-hybridized carbons (Fsp3) is 0.231. The Morgan fingerprint density at radius 3 is 2.56 bits per heavy atom. The number of likely N-dealkylation sites (N-methyl/N-ethyl adjacent to an activating group) is 1. The van der Waals surface area contributed by atoms with Crippen molar-refractivity contribution in [3.8, 4) is 17.3 Å². The second-order valence-electron chi connectivity index (χ2n) is 8.63. The summed E-state index contributed by atoms with van der Waals surface area (Å²) in [6.45, 7) is 5.96. The van der Waals surface area contributed by atoms with Crippen molar-refractivity contribution in [3.63, 3.8) is 0 Å². The van der Waals surface area contributed by atoms with E-state index >= 15 is 0 Å². The molecule has 0 aliphatic carbocycles. The van der Waals surface area contributed by atoms with Crippen molar-refractivity contribution >= 4 is 28.2 Å². The lowest BCUT2D eigenvalue weighted by Crippen LogP contribution is -2.44. The number of aromatic amines is 1. The maximum absolute atomic E-state index is 12.8. The molecule has 1 aliphatic heterocycles. The van der Waals surface area contributed by atoms with Gasteiger partial charge in [0.25, 0.3) is 5.91 Å². The summed E-state index contributed by atoms with van der Waals surface area (Å²) in [5, 5.41) is 20.5. The number of rotatable bonds is 4. The van der Waals surface area contributed by atoms with Crippen molar-refractivity contribution in [3.05, 3.63) is 71.5 Å². The molecule has 3 heterocycles. The molecule has 4 aromatic rings. The number of nitrogens with zero attached hydrogens (tertiary/aromatic N) is 5. The molecule has 0 saturated carbocycles. The largest absolute Gasteiger partial charge is 0.369 e. The van der Waals surface area contributed by atoms with Crippen molar-refractivity contribution < 1.29 is 4.79 Å². The number of benzene rings is 2. The first kappa shape index (κ1) is 21.6. The molecule has 8 nitrogen and oxygen atoms in total. The molecule has 8 heteroatoms. The number of anilines is 2. The normalized spacial score (nSPS) is 14.2. The summed E-state index contributed by atoms with van der Waals surface area (Å²) in [5.41, 5.74) is 5.99. The number of fused-ring (bicyclic) bond motifs is 1. The van der Waals surface area contributed by atoms with Crippen LogP contribution >= 0.6 is 0 Å². The molecule has 1 saturated heterocycles. The lowest BCUT2D eigenvalue weighted by Gasteiger charge is -2.34. The van der Waals surface area contributed by atoms with Crippen LogP contribution in [0.2, 0.25) is 0 Å². The number of hydrogen-bond donors (Lipinski definition) is 2. The Kier molecular flexibility index (Phi) is 5.70. The van der Waals surface area contributed by atoms with Gasteiger partial charge in [-0.3, -0.25) is 9.89 Å². The predicted octanol–water partition coefficient (Wildman–Crippen LogP) is 3.81. The maximum Gasteiger partial charge on any atom is 0.274 e. The summed E-state index contributed by atoms with van der Waals surface area (Å²) in [7, 11) is 2.15. The third-order valence-electron chi connectivity index (χ3n) is 6.25. The highest BCUT2D eigenvalue weighted by Gasteiger charge is 2.16. The molecule has 2 N–H and O–H groups in total. The minimum Gasteiger partial charge on any atom is -0.369 e. The molecule has 2 aromatic carbocycles. The number of carbonyl (C=O) groups is 1. The van der Waals surface area contributed by atoms with E-state index in [4.69, 9.17) is 5.26 Å². The SMILES string of the molecule is Cc1cc(C#N)cnc1C(=O)Nc1ccc2[nH]nc(-c3ccc(N4CCN(C)CC4)cc3)c2c1. The first-order valence-corrected chi connectivity index (χ1v) is 11.2. The van der Waals surface area contributed by atoms with Crippen LogP contribution in [-0.2, 0) is 0 Å². The topological polar surface area (TPSA) is 101 Å². The first-order chi connectivity index (χ1) is 16.5. The maximum atomic E-state index is 12.8. The number of nitrogens with one attached hydrogen (secondary N) is 2. The highest BCUT2D eigenvalue weighted by atomic mass is 16.1. The van der Waals surface area contributed by atoms with Gasteiger partial charge in [-0.25, -0.2) is 4.98 Å². The molecule has 0 atom stereocenters. The van der Waals surface area contributed by atoms with E-state index in [-0.39, 0.29) is 5.91 Å². The van der Waals surface area contributed by atoms with Crippen LogP contribution in [0.1, 0.15) is 21.6 Å². The lowest BCUT2D eigenvalue weighted by molar-refractivity contribution is 0.102. The summed E-state index contributed by atoms with van der Waals surface area (Å²) in [6.07, 6.45) is 1.41. The Morgan fingerprint density at radius 1 is 1.09 bits per heavy atom. The Labute approximate surface area is 197 Å². The lowest BCUT2D eigenvalue weighted by atomic mass is 10.1. The first-order valence-electron chi connectivity index (χ1n) is 11.2. The smallest absolute Gasteiger partial charge is 0.274 e. The second kappa shape index (κ2) is 8.96. The van der Waals surface area contributed by atoms with Gasteiger partial charge in [-0.15, -0.1) is 0 Å². The Bertz CT molecular complexity index is 1390. The second-order valence-corrected chi connectivity index (χ2v) is 8.63. The summed E-state index contributed by atoms with van der Waals surface area (Å²) >= 11 is 0. The van der Waals surface area contributed by atoms with Crippen molar-refractivity contribution in [2.45, 2.75) is 6.92 Å². The Balaban J connectivity index is 1.38. The molecule has 170 valence electrons. The van der Waals surface area contributed by atoms with Crippen LogP contribution in [0.4, 0.5) is 11.4 Å². The van der Waals surface area contributed by atoms with Crippen LogP contribution in [0.3, 0.4) is 0 Å². The Morgan fingerprint density at radius 2 is 1.85 bits per heavy atom. The number of hydrogen-bond acceptors (Lipinski definition) is 6. The number of piperazine rings is 1. The van der Waals surface area contributed by atoms with E-state index in [1.165, 1.54) is 11.9 Å². The van der Waals surface area contributed by atoms with E-state index in [0.717, 1.165) is 48.3 Å². The van der Waals surface area contributed by atoms with Crippen molar-refractivity contribution in [1.29, 1.82) is 5.26 Å². The molecule has 1 aliphatic rings. The molecular weight excluding hydrogens is 426 g/mol. The van der Waals surface area contributed by atoms with Gasteiger partial charge in [-0.1, -0.05) is 12.1 Å². The van der Waals surface area contributed by atoms with E-state index in [1.54, 1.807) is 13.0 Å². The number of carbonyl (C=O) groups excluding carboxylic acids is 1. The van der Waals surface area contributed by atoms with Gasteiger partial charge in [0.05, 0.1) is 16.8 Å². The molecule has 2 aromatic heterocycles. The third-order valence-corrected chi connectivity index (χ3v) is 6.25. The van der Waals surface area contributed by atoms with Crippen LogP contribution in [0.5, 0.6) is 0 Å². The van der Waals surface area contributed by atoms with Crippen LogP contribution in [0.15, 0.2) is 54.7 Å². The van der Waals surface area contributed by atoms with Gasteiger partial charge < -0.3 is 15.1 Å². The van der Waals surface area contributed by atoms with Crippen LogP contribution in [-0.4, -0.2) is 59.2 Å². The van der Waals surface area contributed by atoms with Gasteiger partial charge in [-0.2, -0.15) is 10.4 Å². The summed E-state index contributed by atoms with van der Waals surface area (Å²) in [5.74, 6) is -0.317. The quantitative estimate of drug-likeness (QED) is 0.489. The molecule has 5 rings (SSSR count). The Hall–Kier alpha value is -4.22. The van der Waals surface area contributed by atoms with E-state index in [2.05, 4.69) is 61.6 Å². The van der Waals surface area contributed by atoms with Crippen molar-refractivity contribution in [1.82, 2.24) is 20.1 Å². The summed E-state index contributed by atoms with van der Waals surface area (Å²) < 4.78 is 0. The van der Waals surface area contributed by atoms with Gasteiger partial charge in [0, 0.05) is 54.7 Å². The molecule has 1 amide bonds. The number of aromatic nitrogens is 3. The standard InChI is InChI=1S/C26H25N7O/c1-17-13-18(15-27)16-28-24(17)26(34)29-20-5-8-23-22(14-20)25(31-30-23)19-3-6-21(7-4-19)33-11-9-32(2)10-12-33/h3-8,13-14,16H,9-12H2,1-2H3,(H,29,34)(H,30,31). The molecule has 34 heavy (non-hydrogen) atoms. The summed E-state index contributed by atoms with van der Waals surface area (Å²) in [4.78, 5) is 21.7. The molecule has 1 fully saturated rings. The number of nitriles is 1. The van der Waals surface area contributed by atoms with E-state index < -0.39 is 0 Å². The number of pyridine rings is 1. The van der Waals surface area contributed by atoms with E-state index in [1.807, 2.05) is 24.3 Å². The van der Waals surface area contributed by atoms with Gasteiger partial charge in [0.1, 0.15) is 11.8 Å². The van der Waals surface area contributed by atoms with E-state index in [9.17, 15) is 4.79 Å². The molecular formula is C26H25N7O. The minimum absolute atomic E-state index is 0.297. The molecule has 0 spiro atoms. The molecule has 0 radical (unpaired) electrons. The minimum atomic E-state index is -0.317. The third kappa shape index (κ3) is 4.21. The zero-order chi connectivity index (χ0) is 23.7. The fourth-order valence-corrected chi connectivity index (χ4v) is 4.27. The zero-order valence-corrected chi connectivity index (χ0v) is 19.2. The average Bonchev–Trinajstić information content (AvgIpc) is 3.27. The average molecular weight is 452 g/mol. The van der Waals surface area contributed by atoms with Gasteiger partial charge in [-0.05, 0) is 55.9 Å².